The smallest absolute Gasteiger partial charge is 0.348 e. The molecule has 0 atom stereocenters. The van der Waals surface area contributed by atoms with Gasteiger partial charge in [-0.25, -0.2) is 9.59 Å². The molecular formula is C19H20N2O6S. The van der Waals surface area contributed by atoms with Gasteiger partial charge in [0.05, 0.1) is 31.5 Å². The lowest BCUT2D eigenvalue weighted by Crippen LogP contribution is -2.10. The maximum atomic E-state index is 12.4. The van der Waals surface area contributed by atoms with E-state index in [1.54, 1.807) is 13.0 Å². The number of nitrogens with two attached hydrogens (primary N) is 1. The second kappa shape index (κ2) is 9.62. The van der Waals surface area contributed by atoms with Crippen LogP contribution in [-0.4, -0.2) is 32.3 Å². The van der Waals surface area contributed by atoms with E-state index in [0.717, 1.165) is 11.3 Å². The Morgan fingerprint density at radius 3 is 2.50 bits per heavy atom. The predicted molar refractivity (Wildman–Crippen MR) is 103 cm³/mol. The number of anilines is 1. The van der Waals surface area contributed by atoms with E-state index in [0.29, 0.717) is 18.1 Å². The Kier molecular flexibility index (Phi) is 7.23. The highest BCUT2D eigenvalue weighted by atomic mass is 32.1. The second-order valence-corrected chi connectivity index (χ2v) is 6.41. The summed E-state index contributed by atoms with van der Waals surface area (Å²) in [5.74, 6) is -0.371. The quantitative estimate of drug-likeness (QED) is 0.666. The van der Waals surface area contributed by atoms with E-state index in [2.05, 4.69) is 0 Å². The van der Waals surface area contributed by atoms with E-state index >= 15 is 0 Å². The van der Waals surface area contributed by atoms with Crippen LogP contribution in [0.5, 0.6) is 11.5 Å². The maximum Gasteiger partial charge on any atom is 0.348 e. The van der Waals surface area contributed by atoms with Crippen LogP contribution < -0.4 is 15.2 Å². The highest BCUT2D eigenvalue weighted by Gasteiger charge is 2.24. The van der Waals surface area contributed by atoms with Crippen LogP contribution in [0.4, 0.5) is 5.00 Å². The van der Waals surface area contributed by atoms with E-state index in [4.69, 9.17) is 24.7 Å². The summed E-state index contributed by atoms with van der Waals surface area (Å²) in [6.07, 6.45) is 0. The number of rotatable bonds is 8. The first-order valence-corrected chi connectivity index (χ1v) is 9.24. The number of nitrogens with zero attached hydrogens (tertiary/aromatic N) is 1. The molecule has 0 spiro atoms. The summed E-state index contributed by atoms with van der Waals surface area (Å²) < 4.78 is 20.9. The number of carbonyl (C=O) groups excluding carboxylic acids is 2. The molecule has 0 aliphatic rings. The van der Waals surface area contributed by atoms with Crippen molar-refractivity contribution < 1.29 is 28.5 Å². The fourth-order valence-corrected chi connectivity index (χ4v) is 3.31. The molecule has 2 aromatic rings. The minimum atomic E-state index is -0.648. The molecule has 1 heterocycles. The molecule has 0 bridgehead atoms. The fourth-order valence-electron chi connectivity index (χ4n) is 2.40. The molecule has 28 heavy (non-hydrogen) atoms. The van der Waals surface area contributed by atoms with Gasteiger partial charge in [-0.05, 0) is 32.0 Å². The molecule has 0 aliphatic carbocycles. The van der Waals surface area contributed by atoms with Gasteiger partial charge in [0.25, 0.3) is 0 Å². The van der Waals surface area contributed by atoms with Gasteiger partial charge in [-0.1, -0.05) is 0 Å². The zero-order chi connectivity index (χ0) is 20.7. The van der Waals surface area contributed by atoms with Gasteiger partial charge in [-0.15, -0.1) is 11.3 Å². The van der Waals surface area contributed by atoms with Gasteiger partial charge in [-0.2, -0.15) is 5.26 Å². The fraction of sp³-hybridized carbons (Fsp3) is 0.316. The lowest BCUT2D eigenvalue weighted by Gasteiger charge is -2.11. The Balaban J connectivity index is 2.23. The second-order valence-electron chi connectivity index (χ2n) is 5.36. The third-order valence-corrected chi connectivity index (χ3v) is 4.69. The van der Waals surface area contributed by atoms with Crippen molar-refractivity contribution in [2.75, 3.05) is 26.1 Å². The summed E-state index contributed by atoms with van der Waals surface area (Å²) in [7, 11) is 1.46. The van der Waals surface area contributed by atoms with Crippen molar-refractivity contribution in [3.63, 3.8) is 0 Å². The van der Waals surface area contributed by atoms with Gasteiger partial charge in [0, 0.05) is 5.56 Å². The maximum absolute atomic E-state index is 12.4. The Labute approximate surface area is 166 Å². The SMILES string of the molecule is CCOC(=O)c1sc(N)c(C#N)c1COC(=O)c1ccc(OCC)c(OC)c1. The zero-order valence-corrected chi connectivity index (χ0v) is 16.6. The van der Waals surface area contributed by atoms with Crippen LogP contribution in [0, 0.1) is 11.3 Å². The molecule has 2 N–H and O–H groups in total. The largest absolute Gasteiger partial charge is 0.493 e. The number of methoxy groups -OCH3 is 1. The van der Waals surface area contributed by atoms with Gasteiger partial charge < -0.3 is 24.7 Å². The molecule has 0 saturated carbocycles. The van der Waals surface area contributed by atoms with Crippen molar-refractivity contribution in [1.82, 2.24) is 0 Å². The van der Waals surface area contributed by atoms with E-state index in [1.165, 1.54) is 19.2 Å². The van der Waals surface area contributed by atoms with Crippen molar-refractivity contribution >= 4 is 28.3 Å². The van der Waals surface area contributed by atoms with Crippen molar-refractivity contribution in [3.05, 3.63) is 39.8 Å². The molecule has 0 unspecified atom stereocenters. The third kappa shape index (κ3) is 4.53. The standard InChI is InChI=1S/C19H20N2O6S/c1-4-25-14-7-6-11(8-15(14)24-3)18(22)27-10-13-12(9-20)17(21)28-16(13)19(23)26-5-2/h6-8H,4-5,10,21H2,1-3H3. The van der Waals surface area contributed by atoms with Crippen LogP contribution in [0.25, 0.3) is 0 Å². The summed E-state index contributed by atoms with van der Waals surface area (Å²) in [4.78, 5) is 24.7. The number of hydrogen-bond donors (Lipinski definition) is 1. The first-order chi connectivity index (χ1) is 13.5. The van der Waals surface area contributed by atoms with E-state index in [-0.39, 0.29) is 39.8 Å². The van der Waals surface area contributed by atoms with Gasteiger partial charge in [0.1, 0.15) is 22.6 Å². The van der Waals surface area contributed by atoms with Crippen molar-refractivity contribution in [2.24, 2.45) is 0 Å². The predicted octanol–water partition coefficient (Wildman–Crippen LogP) is 3.14. The molecule has 1 aromatic heterocycles. The zero-order valence-electron chi connectivity index (χ0n) is 15.7. The lowest BCUT2D eigenvalue weighted by molar-refractivity contribution is 0.0452. The van der Waals surface area contributed by atoms with Gasteiger partial charge in [0.2, 0.25) is 0 Å². The van der Waals surface area contributed by atoms with E-state index < -0.39 is 11.9 Å². The van der Waals surface area contributed by atoms with Crippen LogP contribution in [0.1, 0.15) is 45.0 Å². The minimum Gasteiger partial charge on any atom is -0.493 e. The van der Waals surface area contributed by atoms with Crippen molar-refractivity contribution in [3.8, 4) is 17.6 Å². The summed E-state index contributed by atoms with van der Waals surface area (Å²) in [5.41, 5.74) is 6.37. The van der Waals surface area contributed by atoms with Gasteiger partial charge in [-0.3, -0.25) is 0 Å². The van der Waals surface area contributed by atoms with Gasteiger partial charge >= 0.3 is 11.9 Å². The van der Waals surface area contributed by atoms with Gasteiger partial charge in [0.15, 0.2) is 11.5 Å². The Bertz CT molecular complexity index is 916. The molecule has 0 radical (unpaired) electrons. The van der Waals surface area contributed by atoms with Crippen LogP contribution in [-0.2, 0) is 16.1 Å². The monoisotopic (exact) mass is 404 g/mol. The molecule has 8 nitrogen and oxygen atoms in total. The molecule has 9 heteroatoms. The number of carbonyl (C=O) groups is 2. The highest BCUT2D eigenvalue weighted by Crippen LogP contribution is 2.32. The Morgan fingerprint density at radius 1 is 1.14 bits per heavy atom. The molecule has 0 fully saturated rings. The molecule has 0 amide bonds. The molecule has 0 saturated heterocycles. The average molecular weight is 404 g/mol. The van der Waals surface area contributed by atoms with Crippen molar-refractivity contribution in [2.45, 2.75) is 20.5 Å². The van der Waals surface area contributed by atoms with Crippen LogP contribution >= 0.6 is 11.3 Å². The van der Waals surface area contributed by atoms with Crippen LogP contribution in [0.2, 0.25) is 0 Å². The first-order valence-electron chi connectivity index (χ1n) is 8.43. The van der Waals surface area contributed by atoms with Crippen LogP contribution in [0.15, 0.2) is 18.2 Å². The molecule has 148 valence electrons. The van der Waals surface area contributed by atoms with Crippen molar-refractivity contribution in [1.29, 1.82) is 5.26 Å². The highest BCUT2D eigenvalue weighted by molar-refractivity contribution is 7.18. The molecule has 0 aliphatic heterocycles. The summed E-state index contributed by atoms with van der Waals surface area (Å²) in [6.45, 7) is 3.83. The third-order valence-electron chi connectivity index (χ3n) is 3.65. The number of nitrogen functional groups attached to an aromatic ring is 1. The topological polar surface area (TPSA) is 121 Å². The van der Waals surface area contributed by atoms with E-state index in [9.17, 15) is 14.9 Å². The van der Waals surface area contributed by atoms with Crippen LogP contribution in [0.3, 0.4) is 0 Å². The number of nitriles is 1. The first kappa shape index (κ1) is 21.1. The number of ether oxygens (including phenoxy) is 4. The normalized spacial score (nSPS) is 10.1. The number of hydrogen-bond acceptors (Lipinski definition) is 9. The number of thiophene rings is 1. The number of esters is 2. The lowest BCUT2D eigenvalue weighted by atomic mass is 10.1. The molecule has 1 aromatic carbocycles. The minimum absolute atomic E-state index is 0.102. The molecular weight excluding hydrogens is 384 g/mol. The van der Waals surface area contributed by atoms with E-state index in [1.807, 2.05) is 13.0 Å². The average Bonchev–Trinajstić information content (AvgIpc) is 3.02. The Hall–Kier alpha value is -3.25. The number of benzene rings is 1. The summed E-state index contributed by atoms with van der Waals surface area (Å²) in [5, 5.41) is 9.48. The Morgan fingerprint density at radius 2 is 1.89 bits per heavy atom. The summed E-state index contributed by atoms with van der Waals surface area (Å²) in [6, 6.07) is 6.57. The summed E-state index contributed by atoms with van der Waals surface area (Å²) >= 11 is 0.927. The molecule has 2 rings (SSSR count).